The van der Waals surface area contributed by atoms with Crippen LogP contribution >= 0.6 is 0 Å². The van der Waals surface area contributed by atoms with Crippen LogP contribution in [0.1, 0.15) is 24.5 Å². The lowest BCUT2D eigenvalue weighted by Crippen LogP contribution is -2.38. The third-order valence-corrected chi connectivity index (χ3v) is 3.51. The highest BCUT2D eigenvalue weighted by atomic mass is 16.5. The van der Waals surface area contributed by atoms with Gasteiger partial charge in [0.1, 0.15) is 0 Å². The Morgan fingerprint density at radius 1 is 1.12 bits per heavy atom. The molecule has 128 valence electrons. The van der Waals surface area contributed by atoms with Crippen LogP contribution < -0.4 is 15.4 Å². The summed E-state index contributed by atoms with van der Waals surface area (Å²) in [6.45, 7) is 4.21. The summed E-state index contributed by atoms with van der Waals surface area (Å²) in [6.07, 6.45) is 3.67. The summed E-state index contributed by atoms with van der Waals surface area (Å²) < 4.78 is 5.68. The summed E-state index contributed by atoms with van der Waals surface area (Å²) >= 11 is 0. The van der Waals surface area contributed by atoms with Crippen molar-refractivity contribution in [3.8, 4) is 5.88 Å². The number of aromatic nitrogens is 1. The van der Waals surface area contributed by atoms with Gasteiger partial charge in [0.05, 0.1) is 6.61 Å². The van der Waals surface area contributed by atoms with Gasteiger partial charge in [-0.2, -0.15) is 0 Å². The Hall–Kier alpha value is -2.56. The average Bonchev–Trinajstić information content (AvgIpc) is 2.64. The van der Waals surface area contributed by atoms with Crippen molar-refractivity contribution in [2.24, 2.45) is 4.99 Å². The number of nitrogens with zero attached hydrogens (tertiary/aromatic N) is 2. The molecule has 2 rings (SSSR count). The van der Waals surface area contributed by atoms with Crippen LogP contribution in [-0.4, -0.2) is 31.1 Å². The van der Waals surface area contributed by atoms with Crippen LogP contribution in [0, 0.1) is 0 Å². The second-order valence-corrected chi connectivity index (χ2v) is 5.40. The maximum absolute atomic E-state index is 5.68. The van der Waals surface area contributed by atoms with Gasteiger partial charge in [-0.15, -0.1) is 0 Å². The minimum Gasteiger partial charge on any atom is -0.477 e. The van der Waals surface area contributed by atoms with Gasteiger partial charge in [0.25, 0.3) is 0 Å². The second kappa shape index (κ2) is 10.3. The molecule has 0 aliphatic heterocycles. The molecule has 0 saturated carbocycles. The number of pyridine rings is 1. The number of nitrogens with one attached hydrogen (secondary N) is 2. The lowest BCUT2D eigenvalue weighted by Gasteiger charge is -2.14. The first-order valence-electron chi connectivity index (χ1n) is 8.38. The quantitative estimate of drug-likeness (QED) is 0.578. The standard InChI is InChI=1S/C19H26N4O/c1-3-14-24-18-17(10-7-12-21-18)15-23-19(20-2)22-13-11-16-8-5-4-6-9-16/h4-10,12H,3,11,13-15H2,1-2H3,(H2,20,22,23). The van der Waals surface area contributed by atoms with E-state index in [1.54, 1.807) is 13.2 Å². The van der Waals surface area contributed by atoms with E-state index in [9.17, 15) is 0 Å². The van der Waals surface area contributed by atoms with Crippen LogP contribution in [0.25, 0.3) is 0 Å². The summed E-state index contributed by atoms with van der Waals surface area (Å²) in [6, 6.07) is 14.3. The number of hydrogen-bond acceptors (Lipinski definition) is 3. The van der Waals surface area contributed by atoms with Crippen LogP contribution in [-0.2, 0) is 13.0 Å². The molecule has 0 radical (unpaired) electrons. The van der Waals surface area contributed by atoms with Gasteiger partial charge in [-0.3, -0.25) is 4.99 Å². The number of guanidine groups is 1. The predicted molar refractivity (Wildman–Crippen MR) is 98.4 cm³/mol. The van der Waals surface area contributed by atoms with Crippen molar-refractivity contribution in [2.45, 2.75) is 26.3 Å². The predicted octanol–water partition coefficient (Wildman–Crippen LogP) is 2.78. The van der Waals surface area contributed by atoms with Gasteiger partial charge in [0.15, 0.2) is 5.96 Å². The molecule has 1 aromatic heterocycles. The lowest BCUT2D eigenvalue weighted by atomic mass is 10.1. The molecule has 0 fully saturated rings. The van der Waals surface area contributed by atoms with Crippen molar-refractivity contribution in [3.05, 3.63) is 59.8 Å². The first kappa shape index (κ1) is 17.8. The molecule has 0 spiro atoms. The Morgan fingerprint density at radius 2 is 1.96 bits per heavy atom. The Labute approximate surface area is 144 Å². The smallest absolute Gasteiger partial charge is 0.218 e. The SMILES string of the molecule is CCCOc1ncccc1CNC(=NC)NCCc1ccccc1. The third kappa shape index (κ3) is 5.91. The molecule has 5 nitrogen and oxygen atoms in total. The van der Waals surface area contributed by atoms with Gasteiger partial charge < -0.3 is 15.4 Å². The number of ether oxygens (including phenoxy) is 1. The molecule has 0 atom stereocenters. The summed E-state index contributed by atoms with van der Waals surface area (Å²) in [7, 11) is 1.77. The molecule has 24 heavy (non-hydrogen) atoms. The van der Waals surface area contributed by atoms with Crippen LogP contribution in [0.15, 0.2) is 53.7 Å². The zero-order valence-electron chi connectivity index (χ0n) is 14.5. The summed E-state index contributed by atoms with van der Waals surface area (Å²) in [5.74, 6) is 1.46. The van der Waals surface area contributed by atoms with Crippen LogP contribution in [0.3, 0.4) is 0 Å². The molecule has 0 unspecified atom stereocenters. The molecule has 1 aromatic carbocycles. The van der Waals surface area contributed by atoms with Crippen LogP contribution in [0.2, 0.25) is 0 Å². The van der Waals surface area contributed by atoms with Gasteiger partial charge >= 0.3 is 0 Å². The summed E-state index contributed by atoms with van der Waals surface area (Å²) in [5.41, 5.74) is 2.33. The van der Waals surface area contributed by atoms with Crippen molar-refractivity contribution in [2.75, 3.05) is 20.2 Å². The van der Waals surface area contributed by atoms with E-state index < -0.39 is 0 Å². The zero-order chi connectivity index (χ0) is 17.0. The molecule has 2 aromatic rings. The molecule has 1 heterocycles. The molecule has 0 amide bonds. The summed E-state index contributed by atoms with van der Waals surface area (Å²) in [5, 5.41) is 6.64. The van der Waals surface area contributed by atoms with Crippen molar-refractivity contribution in [1.82, 2.24) is 15.6 Å². The molecule has 5 heteroatoms. The highest BCUT2D eigenvalue weighted by Crippen LogP contribution is 2.14. The fraction of sp³-hybridized carbons (Fsp3) is 0.368. The monoisotopic (exact) mass is 326 g/mol. The third-order valence-electron chi connectivity index (χ3n) is 3.51. The largest absolute Gasteiger partial charge is 0.477 e. The van der Waals surface area contributed by atoms with Crippen molar-refractivity contribution >= 4 is 5.96 Å². The van der Waals surface area contributed by atoms with E-state index in [4.69, 9.17) is 4.74 Å². The van der Waals surface area contributed by atoms with Crippen molar-refractivity contribution < 1.29 is 4.74 Å². The Balaban J connectivity index is 1.81. The number of hydrogen-bond donors (Lipinski definition) is 2. The maximum Gasteiger partial charge on any atom is 0.218 e. The molecule has 2 N–H and O–H groups in total. The maximum atomic E-state index is 5.68. The number of benzene rings is 1. The average molecular weight is 326 g/mol. The van der Waals surface area contributed by atoms with Gasteiger partial charge in [-0.1, -0.05) is 43.3 Å². The second-order valence-electron chi connectivity index (χ2n) is 5.40. The molecule has 0 bridgehead atoms. The van der Waals surface area contributed by atoms with E-state index in [0.717, 1.165) is 30.9 Å². The Morgan fingerprint density at radius 3 is 2.71 bits per heavy atom. The minimum absolute atomic E-state index is 0.623. The van der Waals surface area contributed by atoms with Crippen LogP contribution in [0.4, 0.5) is 0 Å². The molecule has 0 saturated heterocycles. The highest BCUT2D eigenvalue weighted by Gasteiger charge is 2.05. The van der Waals surface area contributed by atoms with E-state index >= 15 is 0 Å². The van der Waals surface area contributed by atoms with Gasteiger partial charge in [-0.25, -0.2) is 4.98 Å². The normalized spacial score (nSPS) is 11.2. The molecular formula is C19H26N4O. The Bertz CT molecular complexity index is 628. The first-order valence-corrected chi connectivity index (χ1v) is 8.38. The highest BCUT2D eigenvalue weighted by molar-refractivity contribution is 5.79. The Kier molecular flexibility index (Phi) is 7.60. The van der Waals surface area contributed by atoms with E-state index in [0.29, 0.717) is 19.0 Å². The van der Waals surface area contributed by atoms with E-state index in [1.807, 2.05) is 18.2 Å². The van der Waals surface area contributed by atoms with Crippen molar-refractivity contribution in [3.63, 3.8) is 0 Å². The van der Waals surface area contributed by atoms with E-state index in [-0.39, 0.29) is 0 Å². The van der Waals surface area contributed by atoms with E-state index in [1.165, 1.54) is 5.56 Å². The van der Waals surface area contributed by atoms with Crippen molar-refractivity contribution in [1.29, 1.82) is 0 Å². The molecule has 0 aliphatic carbocycles. The van der Waals surface area contributed by atoms with E-state index in [2.05, 4.69) is 51.8 Å². The molecule has 0 aliphatic rings. The van der Waals surface area contributed by atoms with Gasteiger partial charge in [0.2, 0.25) is 5.88 Å². The van der Waals surface area contributed by atoms with Gasteiger partial charge in [0, 0.05) is 31.9 Å². The number of rotatable bonds is 8. The minimum atomic E-state index is 0.623. The number of aliphatic imine (C=N–C) groups is 1. The zero-order valence-corrected chi connectivity index (χ0v) is 14.5. The van der Waals surface area contributed by atoms with Gasteiger partial charge in [-0.05, 0) is 24.5 Å². The molecular weight excluding hydrogens is 300 g/mol. The first-order chi connectivity index (χ1) is 11.8. The lowest BCUT2D eigenvalue weighted by molar-refractivity contribution is 0.301. The van der Waals surface area contributed by atoms with Crippen LogP contribution in [0.5, 0.6) is 5.88 Å². The summed E-state index contributed by atoms with van der Waals surface area (Å²) in [4.78, 5) is 8.56. The fourth-order valence-electron chi connectivity index (χ4n) is 2.26. The topological polar surface area (TPSA) is 58.5 Å². The fourth-order valence-corrected chi connectivity index (χ4v) is 2.26.